The van der Waals surface area contributed by atoms with Crippen molar-refractivity contribution in [2.75, 3.05) is 13.1 Å². The monoisotopic (exact) mass is 246 g/mol. The summed E-state index contributed by atoms with van der Waals surface area (Å²) in [6, 6.07) is 8.51. The minimum absolute atomic E-state index is 0.625. The average molecular weight is 246 g/mol. The van der Waals surface area contributed by atoms with Gasteiger partial charge < -0.3 is 5.32 Å². The highest BCUT2D eigenvalue weighted by Gasteiger charge is 2.24. The lowest BCUT2D eigenvalue weighted by Gasteiger charge is -2.27. The van der Waals surface area contributed by atoms with Crippen molar-refractivity contribution in [1.82, 2.24) is 9.69 Å². The van der Waals surface area contributed by atoms with Gasteiger partial charge in [0.15, 0.2) is 0 Å². The highest BCUT2D eigenvalue weighted by molar-refractivity contribution is 7.07. The Morgan fingerprint density at radius 3 is 3.12 bits per heavy atom. The summed E-state index contributed by atoms with van der Waals surface area (Å²) in [5.41, 5.74) is 1.16. The lowest BCUT2D eigenvalue weighted by Crippen LogP contribution is -2.32. The van der Waals surface area contributed by atoms with Crippen molar-refractivity contribution in [2.45, 2.75) is 25.7 Å². The molecular weight excluding hydrogens is 228 g/mol. The van der Waals surface area contributed by atoms with Gasteiger partial charge in [0.25, 0.3) is 0 Å². The molecule has 0 aliphatic carbocycles. The SMILES string of the molecule is CC(c1snc2ccccc12)C1CCCNC1. The van der Waals surface area contributed by atoms with E-state index in [0.29, 0.717) is 5.92 Å². The number of rotatable bonds is 2. The first-order valence-electron chi connectivity index (χ1n) is 6.41. The lowest BCUT2D eigenvalue weighted by molar-refractivity contribution is 0.338. The molecular formula is C14H18N2S. The Morgan fingerprint density at radius 2 is 2.29 bits per heavy atom. The number of fused-ring (bicyclic) bond motifs is 1. The third-order valence-corrected chi connectivity index (χ3v) is 4.94. The highest BCUT2D eigenvalue weighted by Crippen LogP contribution is 2.35. The first-order chi connectivity index (χ1) is 8.36. The van der Waals surface area contributed by atoms with Crippen LogP contribution in [0.2, 0.25) is 0 Å². The normalized spacial score (nSPS) is 22.8. The van der Waals surface area contributed by atoms with Gasteiger partial charge in [0, 0.05) is 10.3 Å². The van der Waals surface area contributed by atoms with E-state index in [-0.39, 0.29) is 0 Å². The van der Waals surface area contributed by atoms with E-state index in [0.717, 1.165) is 18.0 Å². The predicted octanol–water partition coefficient (Wildman–Crippen LogP) is 3.40. The molecule has 2 aromatic rings. The minimum atomic E-state index is 0.625. The molecule has 0 saturated carbocycles. The van der Waals surface area contributed by atoms with Crippen molar-refractivity contribution in [1.29, 1.82) is 0 Å². The molecule has 2 nitrogen and oxygen atoms in total. The molecule has 17 heavy (non-hydrogen) atoms. The highest BCUT2D eigenvalue weighted by atomic mass is 32.1. The van der Waals surface area contributed by atoms with Crippen molar-refractivity contribution in [3.63, 3.8) is 0 Å². The van der Waals surface area contributed by atoms with Crippen LogP contribution < -0.4 is 5.32 Å². The quantitative estimate of drug-likeness (QED) is 0.878. The van der Waals surface area contributed by atoms with E-state index in [1.54, 1.807) is 11.5 Å². The van der Waals surface area contributed by atoms with Crippen LogP contribution in [0.5, 0.6) is 0 Å². The number of nitrogens with one attached hydrogen (secondary N) is 1. The Morgan fingerprint density at radius 1 is 1.41 bits per heavy atom. The largest absolute Gasteiger partial charge is 0.316 e. The molecule has 2 heterocycles. The molecule has 2 unspecified atom stereocenters. The van der Waals surface area contributed by atoms with E-state index in [1.807, 2.05) is 0 Å². The Bertz CT molecular complexity index is 500. The topological polar surface area (TPSA) is 24.9 Å². The molecule has 1 N–H and O–H groups in total. The summed E-state index contributed by atoms with van der Waals surface area (Å²) in [5.74, 6) is 1.40. The standard InChI is InChI=1S/C14H18N2S/c1-10(11-5-4-8-15-9-11)14-12-6-2-3-7-13(12)16-17-14/h2-3,6-7,10-11,15H,4-5,8-9H2,1H3. The molecule has 1 aliphatic heterocycles. The van der Waals surface area contributed by atoms with Gasteiger partial charge >= 0.3 is 0 Å². The number of hydrogen-bond donors (Lipinski definition) is 1. The van der Waals surface area contributed by atoms with Crippen LogP contribution in [0.1, 0.15) is 30.6 Å². The molecule has 3 rings (SSSR count). The molecule has 1 aliphatic rings. The van der Waals surface area contributed by atoms with Gasteiger partial charge in [-0.2, -0.15) is 4.37 Å². The molecule has 1 fully saturated rings. The second-order valence-electron chi connectivity index (χ2n) is 4.96. The fourth-order valence-electron chi connectivity index (χ4n) is 2.76. The molecule has 0 amide bonds. The van der Waals surface area contributed by atoms with Gasteiger partial charge in [0.2, 0.25) is 0 Å². The summed E-state index contributed by atoms with van der Waals surface area (Å²) >= 11 is 1.69. The zero-order chi connectivity index (χ0) is 11.7. The Balaban J connectivity index is 1.92. The summed E-state index contributed by atoms with van der Waals surface area (Å²) in [6.07, 6.45) is 2.66. The zero-order valence-electron chi connectivity index (χ0n) is 10.1. The summed E-state index contributed by atoms with van der Waals surface area (Å²) in [6.45, 7) is 4.71. The average Bonchev–Trinajstić information content (AvgIpc) is 2.83. The van der Waals surface area contributed by atoms with Crippen molar-refractivity contribution in [3.05, 3.63) is 29.1 Å². The van der Waals surface area contributed by atoms with E-state index in [1.165, 1.54) is 29.6 Å². The first-order valence-corrected chi connectivity index (χ1v) is 7.18. The van der Waals surface area contributed by atoms with Crippen LogP contribution >= 0.6 is 11.5 Å². The van der Waals surface area contributed by atoms with E-state index in [4.69, 9.17) is 0 Å². The zero-order valence-corrected chi connectivity index (χ0v) is 11.0. The lowest BCUT2D eigenvalue weighted by atomic mass is 9.85. The Kier molecular flexibility index (Phi) is 3.12. The fourth-order valence-corrected chi connectivity index (χ4v) is 3.74. The third-order valence-electron chi connectivity index (χ3n) is 3.87. The minimum Gasteiger partial charge on any atom is -0.316 e. The molecule has 90 valence electrons. The van der Waals surface area contributed by atoms with Gasteiger partial charge in [0.05, 0.1) is 5.52 Å². The first kappa shape index (κ1) is 11.2. The van der Waals surface area contributed by atoms with Crippen LogP contribution in [0.25, 0.3) is 10.9 Å². The molecule has 2 atom stereocenters. The van der Waals surface area contributed by atoms with Crippen molar-refractivity contribution < 1.29 is 0 Å². The fraction of sp³-hybridized carbons (Fsp3) is 0.500. The van der Waals surface area contributed by atoms with E-state index in [9.17, 15) is 0 Å². The van der Waals surface area contributed by atoms with Crippen LogP contribution in [-0.2, 0) is 0 Å². The number of aromatic nitrogens is 1. The van der Waals surface area contributed by atoms with Crippen LogP contribution in [-0.4, -0.2) is 17.5 Å². The van der Waals surface area contributed by atoms with Crippen LogP contribution in [0, 0.1) is 5.92 Å². The summed E-state index contributed by atoms with van der Waals surface area (Å²) in [7, 11) is 0. The van der Waals surface area contributed by atoms with Crippen LogP contribution in [0.3, 0.4) is 0 Å². The molecule has 0 spiro atoms. The smallest absolute Gasteiger partial charge is 0.0843 e. The van der Waals surface area contributed by atoms with Crippen LogP contribution in [0.15, 0.2) is 24.3 Å². The van der Waals surface area contributed by atoms with Crippen molar-refractivity contribution in [3.8, 4) is 0 Å². The second kappa shape index (κ2) is 4.75. The predicted molar refractivity (Wildman–Crippen MR) is 73.6 cm³/mol. The second-order valence-corrected chi connectivity index (χ2v) is 5.76. The maximum absolute atomic E-state index is 4.56. The van der Waals surface area contributed by atoms with E-state index < -0.39 is 0 Å². The number of hydrogen-bond acceptors (Lipinski definition) is 3. The maximum atomic E-state index is 4.56. The molecule has 3 heteroatoms. The van der Waals surface area contributed by atoms with E-state index in [2.05, 4.69) is 40.9 Å². The molecule has 0 bridgehead atoms. The van der Waals surface area contributed by atoms with Gasteiger partial charge in [-0.1, -0.05) is 25.1 Å². The van der Waals surface area contributed by atoms with Crippen molar-refractivity contribution in [2.24, 2.45) is 5.92 Å². The summed E-state index contributed by atoms with van der Waals surface area (Å²) in [4.78, 5) is 1.47. The van der Waals surface area contributed by atoms with Crippen LogP contribution in [0.4, 0.5) is 0 Å². The summed E-state index contributed by atoms with van der Waals surface area (Å²) < 4.78 is 4.56. The Labute approximate surface area is 106 Å². The summed E-state index contributed by atoms with van der Waals surface area (Å²) in [5, 5.41) is 4.87. The molecule has 0 radical (unpaired) electrons. The molecule has 1 aromatic carbocycles. The van der Waals surface area contributed by atoms with Gasteiger partial charge in [-0.05, 0) is 55.4 Å². The number of nitrogens with zero attached hydrogens (tertiary/aromatic N) is 1. The maximum Gasteiger partial charge on any atom is 0.0843 e. The molecule has 1 saturated heterocycles. The van der Waals surface area contributed by atoms with E-state index >= 15 is 0 Å². The number of benzene rings is 1. The van der Waals surface area contributed by atoms with Crippen molar-refractivity contribution >= 4 is 22.4 Å². The molecule has 1 aromatic heterocycles. The Hall–Kier alpha value is -0.930. The van der Waals surface area contributed by atoms with Gasteiger partial charge in [-0.25, -0.2) is 0 Å². The number of piperidine rings is 1. The van der Waals surface area contributed by atoms with Gasteiger partial charge in [-0.15, -0.1) is 0 Å². The third kappa shape index (κ3) is 2.09. The van der Waals surface area contributed by atoms with Gasteiger partial charge in [-0.3, -0.25) is 0 Å². The van der Waals surface area contributed by atoms with Gasteiger partial charge in [0.1, 0.15) is 0 Å².